The fourth-order valence-electron chi connectivity index (χ4n) is 1.54. The maximum absolute atomic E-state index is 5.18. The van der Waals surface area contributed by atoms with Gasteiger partial charge in [0.2, 0.25) is 0 Å². The van der Waals surface area contributed by atoms with Gasteiger partial charge in [-0.3, -0.25) is 0 Å². The summed E-state index contributed by atoms with van der Waals surface area (Å²) in [5.41, 5.74) is 1.27. The molecule has 0 aliphatic heterocycles. The molecule has 90 valence electrons. The summed E-state index contributed by atoms with van der Waals surface area (Å²) in [4.78, 5) is 2.20. The summed E-state index contributed by atoms with van der Waals surface area (Å²) in [7, 11) is 5.90. The predicted octanol–water partition coefficient (Wildman–Crippen LogP) is 1.74. The van der Waals surface area contributed by atoms with E-state index in [9.17, 15) is 0 Å². The second kappa shape index (κ2) is 7.25. The molecule has 0 heterocycles. The molecule has 0 aromatic heterocycles. The Balaban J connectivity index is 2.21. The number of ether oxygens (including phenoxy) is 1. The normalized spacial score (nSPS) is 10.8. The number of nitrogens with zero attached hydrogens (tertiary/aromatic N) is 1. The van der Waals surface area contributed by atoms with Crippen molar-refractivity contribution in [1.82, 2.24) is 10.2 Å². The number of hydrogen-bond donors (Lipinski definition) is 1. The van der Waals surface area contributed by atoms with Crippen molar-refractivity contribution in [3.63, 3.8) is 0 Å². The summed E-state index contributed by atoms with van der Waals surface area (Å²) < 4.78 is 5.18. The lowest BCUT2D eigenvalue weighted by Crippen LogP contribution is -2.20. The Hall–Kier alpha value is -1.06. The minimum Gasteiger partial charge on any atom is -0.497 e. The van der Waals surface area contributed by atoms with Crippen molar-refractivity contribution >= 4 is 0 Å². The molecule has 0 atom stereocenters. The van der Waals surface area contributed by atoms with E-state index in [1.807, 2.05) is 12.1 Å². The predicted molar refractivity (Wildman–Crippen MR) is 67.9 cm³/mol. The quantitative estimate of drug-likeness (QED) is 0.711. The Labute approximate surface area is 98.4 Å². The second-order valence-electron chi connectivity index (χ2n) is 4.19. The van der Waals surface area contributed by atoms with Crippen molar-refractivity contribution in [2.45, 2.75) is 13.0 Å². The molecule has 3 nitrogen and oxygen atoms in total. The highest BCUT2D eigenvalue weighted by Crippen LogP contribution is 2.11. The standard InChI is InChI=1S/C13H22N2O/c1-15(2)9-5-8-14-11-12-6-4-7-13(10-12)16-3/h4,6-7,10,14H,5,8-9,11H2,1-3H3. The van der Waals surface area contributed by atoms with Crippen LogP contribution in [0.15, 0.2) is 24.3 Å². The Kier molecular flexibility index (Phi) is 5.90. The lowest BCUT2D eigenvalue weighted by Gasteiger charge is -2.10. The van der Waals surface area contributed by atoms with Gasteiger partial charge in [-0.15, -0.1) is 0 Å². The molecule has 0 spiro atoms. The number of hydrogen-bond acceptors (Lipinski definition) is 3. The van der Waals surface area contributed by atoms with E-state index in [0.29, 0.717) is 0 Å². The van der Waals surface area contributed by atoms with Crippen LogP contribution in [0, 0.1) is 0 Å². The average Bonchev–Trinajstić information content (AvgIpc) is 2.28. The van der Waals surface area contributed by atoms with Crippen molar-refractivity contribution in [2.75, 3.05) is 34.3 Å². The molecular formula is C13H22N2O. The van der Waals surface area contributed by atoms with Gasteiger partial charge in [0.15, 0.2) is 0 Å². The molecule has 1 aromatic rings. The van der Waals surface area contributed by atoms with Crippen molar-refractivity contribution in [1.29, 1.82) is 0 Å². The highest BCUT2D eigenvalue weighted by molar-refractivity contribution is 5.28. The van der Waals surface area contributed by atoms with Crippen LogP contribution in [0.1, 0.15) is 12.0 Å². The molecule has 0 saturated heterocycles. The largest absolute Gasteiger partial charge is 0.497 e. The maximum atomic E-state index is 5.18. The third-order valence-corrected chi connectivity index (χ3v) is 2.42. The van der Waals surface area contributed by atoms with Crippen LogP contribution in [-0.2, 0) is 6.54 Å². The fraction of sp³-hybridized carbons (Fsp3) is 0.538. The van der Waals surface area contributed by atoms with Gasteiger partial charge in [0.05, 0.1) is 7.11 Å². The minimum absolute atomic E-state index is 0.907. The monoisotopic (exact) mass is 222 g/mol. The van der Waals surface area contributed by atoms with Gasteiger partial charge in [-0.25, -0.2) is 0 Å². The SMILES string of the molecule is COc1cccc(CNCCCN(C)C)c1. The van der Waals surface area contributed by atoms with Crippen molar-refractivity contribution in [3.8, 4) is 5.75 Å². The van der Waals surface area contributed by atoms with Gasteiger partial charge in [0, 0.05) is 6.54 Å². The lowest BCUT2D eigenvalue weighted by molar-refractivity contribution is 0.394. The van der Waals surface area contributed by atoms with E-state index in [1.54, 1.807) is 7.11 Å². The van der Waals surface area contributed by atoms with Crippen LogP contribution in [0.5, 0.6) is 5.75 Å². The van der Waals surface area contributed by atoms with E-state index in [2.05, 4.69) is 36.4 Å². The molecule has 16 heavy (non-hydrogen) atoms. The average molecular weight is 222 g/mol. The molecule has 0 saturated carbocycles. The first kappa shape index (κ1) is 13.0. The van der Waals surface area contributed by atoms with Crippen LogP contribution in [-0.4, -0.2) is 39.2 Å². The highest BCUT2D eigenvalue weighted by Gasteiger charge is 1.95. The van der Waals surface area contributed by atoms with E-state index < -0.39 is 0 Å². The third-order valence-electron chi connectivity index (χ3n) is 2.42. The molecule has 0 aliphatic carbocycles. The Morgan fingerprint density at radius 2 is 2.12 bits per heavy atom. The maximum Gasteiger partial charge on any atom is 0.119 e. The molecule has 0 aliphatic rings. The van der Waals surface area contributed by atoms with E-state index in [-0.39, 0.29) is 0 Å². The van der Waals surface area contributed by atoms with Crippen LogP contribution in [0.4, 0.5) is 0 Å². The Bertz CT molecular complexity index is 300. The minimum atomic E-state index is 0.907. The van der Waals surface area contributed by atoms with Gasteiger partial charge in [0.25, 0.3) is 0 Å². The van der Waals surface area contributed by atoms with Crippen molar-refractivity contribution in [3.05, 3.63) is 29.8 Å². The second-order valence-corrected chi connectivity index (χ2v) is 4.19. The van der Waals surface area contributed by atoms with E-state index >= 15 is 0 Å². The first-order valence-electron chi connectivity index (χ1n) is 5.71. The van der Waals surface area contributed by atoms with Crippen LogP contribution in [0.25, 0.3) is 0 Å². The number of benzene rings is 1. The van der Waals surface area contributed by atoms with E-state index in [0.717, 1.165) is 25.4 Å². The van der Waals surface area contributed by atoms with Gasteiger partial charge in [-0.1, -0.05) is 12.1 Å². The summed E-state index contributed by atoms with van der Waals surface area (Å²) >= 11 is 0. The summed E-state index contributed by atoms with van der Waals surface area (Å²) in [5.74, 6) is 0.924. The first-order chi connectivity index (χ1) is 7.72. The molecule has 0 amide bonds. The van der Waals surface area contributed by atoms with E-state index in [1.165, 1.54) is 12.0 Å². The molecule has 1 rings (SSSR count). The number of nitrogens with one attached hydrogen (secondary N) is 1. The number of rotatable bonds is 7. The van der Waals surface area contributed by atoms with Gasteiger partial charge in [-0.05, 0) is 51.3 Å². The zero-order valence-corrected chi connectivity index (χ0v) is 10.5. The highest BCUT2D eigenvalue weighted by atomic mass is 16.5. The van der Waals surface area contributed by atoms with Gasteiger partial charge < -0.3 is 15.0 Å². The zero-order chi connectivity index (χ0) is 11.8. The van der Waals surface area contributed by atoms with Crippen LogP contribution >= 0.6 is 0 Å². The number of methoxy groups -OCH3 is 1. The lowest BCUT2D eigenvalue weighted by atomic mass is 10.2. The summed E-state index contributed by atoms with van der Waals surface area (Å²) in [6.45, 7) is 3.09. The molecular weight excluding hydrogens is 200 g/mol. The molecule has 0 unspecified atom stereocenters. The first-order valence-corrected chi connectivity index (χ1v) is 5.71. The summed E-state index contributed by atoms with van der Waals surface area (Å²) in [6.07, 6.45) is 1.18. The summed E-state index contributed by atoms with van der Waals surface area (Å²) in [6, 6.07) is 8.17. The van der Waals surface area contributed by atoms with Crippen molar-refractivity contribution < 1.29 is 4.74 Å². The molecule has 0 bridgehead atoms. The van der Waals surface area contributed by atoms with E-state index in [4.69, 9.17) is 4.74 Å². The smallest absolute Gasteiger partial charge is 0.119 e. The Morgan fingerprint density at radius 3 is 2.81 bits per heavy atom. The third kappa shape index (κ3) is 5.14. The van der Waals surface area contributed by atoms with Crippen molar-refractivity contribution in [2.24, 2.45) is 0 Å². The van der Waals surface area contributed by atoms with Gasteiger partial charge >= 0.3 is 0 Å². The molecule has 1 aromatic carbocycles. The van der Waals surface area contributed by atoms with Crippen LogP contribution < -0.4 is 10.1 Å². The molecule has 0 fully saturated rings. The fourth-order valence-corrected chi connectivity index (χ4v) is 1.54. The Morgan fingerprint density at radius 1 is 1.31 bits per heavy atom. The molecule has 3 heteroatoms. The van der Waals surface area contributed by atoms with Gasteiger partial charge in [-0.2, -0.15) is 0 Å². The van der Waals surface area contributed by atoms with Gasteiger partial charge in [0.1, 0.15) is 5.75 Å². The topological polar surface area (TPSA) is 24.5 Å². The zero-order valence-electron chi connectivity index (χ0n) is 10.5. The summed E-state index contributed by atoms with van der Waals surface area (Å²) in [5, 5.41) is 3.43. The molecule has 1 N–H and O–H groups in total. The molecule has 0 radical (unpaired) electrons. The van der Waals surface area contributed by atoms with Crippen LogP contribution in [0.3, 0.4) is 0 Å². The van der Waals surface area contributed by atoms with Crippen LogP contribution in [0.2, 0.25) is 0 Å².